The summed E-state index contributed by atoms with van der Waals surface area (Å²) in [5, 5.41) is 27.2. The second kappa shape index (κ2) is 11.0. The fraction of sp³-hybridized carbons (Fsp3) is 0.0435. The number of halogens is 1. The van der Waals surface area contributed by atoms with E-state index in [1.54, 1.807) is 12.1 Å². The second-order valence-corrected chi connectivity index (χ2v) is 7.89. The van der Waals surface area contributed by atoms with Gasteiger partial charge in [-0.2, -0.15) is 0 Å². The van der Waals surface area contributed by atoms with Gasteiger partial charge in [0.25, 0.3) is 23.2 Å². The monoisotopic (exact) mass is 540 g/mol. The van der Waals surface area contributed by atoms with Crippen LogP contribution in [-0.4, -0.2) is 28.8 Å². The van der Waals surface area contributed by atoms with Crippen LogP contribution in [0, 0.1) is 20.2 Å². The van der Waals surface area contributed by atoms with Crippen molar-refractivity contribution in [2.75, 3.05) is 12.4 Å². The molecule has 0 aliphatic rings. The first-order chi connectivity index (χ1) is 16.7. The van der Waals surface area contributed by atoms with Gasteiger partial charge in [-0.3, -0.25) is 29.8 Å². The van der Waals surface area contributed by atoms with E-state index in [1.165, 1.54) is 61.7 Å². The van der Waals surface area contributed by atoms with Crippen LogP contribution < -0.4 is 15.4 Å². The molecule has 0 atom stereocenters. The molecule has 0 aromatic heterocycles. The van der Waals surface area contributed by atoms with E-state index in [2.05, 4.69) is 26.6 Å². The molecular formula is C23H17BrN4O7. The number of hydrogen-bond acceptors (Lipinski definition) is 7. The summed E-state index contributed by atoms with van der Waals surface area (Å²) in [4.78, 5) is 47.1. The van der Waals surface area contributed by atoms with E-state index >= 15 is 0 Å². The molecule has 11 nitrogen and oxygen atoms in total. The molecule has 3 rings (SSSR count). The van der Waals surface area contributed by atoms with Gasteiger partial charge >= 0.3 is 0 Å². The van der Waals surface area contributed by atoms with Crippen molar-refractivity contribution in [2.45, 2.75) is 0 Å². The Labute approximate surface area is 206 Å². The van der Waals surface area contributed by atoms with Gasteiger partial charge < -0.3 is 15.4 Å². The van der Waals surface area contributed by atoms with Crippen LogP contribution in [0.2, 0.25) is 0 Å². The lowest BCUT2D eigenvalue weighted by molar-refractivity contribution is -0.385. The smallest absolute Gasteiger partial charge is 0.272 e. The number of nitrogens with one attached hydrogen (secondary N) is 2. The van der Waals surface area contributed by atoms with E-state index in [0.717, 1.165) is 6.07 Å². The summed E-state index contributed by atoms with van der Waals surface area (Å²) in [6.07, 6.45) is 1.25. The van der Waals surface area contributed by atoms with Crippen molar-refractivity contribution in [3.63, 3.8) is 0 Å². The van der Waals surface area contributed by atoms with Crippen LogP contribution in [-0.2, 0) is 4.79 Å². The van der Waals surface area contributed by atoms with E-state index in [0.29, 0.717) is 4.47 Å². The Balaban J connectivity index is 1.99. The fourth-order valence-corrected chi connectivity index (χ4v) is 3.36. The van der Waals surface area contributed by atoms with Crippen LogP contribution >= 0.6 is 15.9 Å². The third kappa shape index (κ3) is 6.48. The molecule has 12 heteroatoms. The average molecular weight is 541 g/mol. The molecule has 0 bridgehead atoms. The number of methoxy groups -OCH3 is 1. The highest BCUT2D eigenvalue weighted by atomic mass is 79.9. The number of benzene rings is 3. The fourth-order valence-electron chi connectivity index (χ4n) is 3.00. The van der Waals surface area contributed by atoms with Gasteiger partial charge in [-0.25, -0.2) is 0 Å². The summed E-state index contributed by atoms with van der Waals surface area (Å²) in [6, 6.07) is 15.4. The van der Waals surface area contributed by atoms with E-state index in [-0.39, 0.29) is 39.6 Å². The van der Waals surface area contributed by atoms with Crippen LogP contribution in [0.4, 0.5) is 17.1 Å². The van der Waals surface area contributed by atoms with Gasteiger partial charge in [-0.1, -0.05) is 34.1 Å². The number of nitro groups is 2. The van der Waals surface area contributed by atoms with Crippen LogP contribution in [0.1, 0.15) is 15.9 Å². The topological polar surface area (TPSA) is 154 Å². The molecule has 35 heavy (non-hydrogen) atoms. The summed E-state index contributed by atoms with van der Waals surface area (Å²) in [5.74, 6) is -1.24. The Morgan fingerprint density at radius 1 is 0.943 bits per heavy atom. The lowest BCUT2D eigenvalue weighted by atomic mass is 10.1. The third-order valence-electron chi connectivity index (χ3n) is 4.61. The Bertz CT molecular complexity index is 1360. The molecule has 3 aromatic rings. The van der Waals surface area contributed by atoms with Crippen molar-refractivity contribution in [3.05, 3.63) is 108 Å². The van der Waals surface area contributed by atoms with Crippen LogP contribution in [0.5, 0.6) is 5.75 Å². The first-order valence-electron chi connectivity index (χ1n) is 9.85. The normalized spacial score (nSPS) is 10.9. The molecule has 3 aromatic carbocycles. The van der Waals surface area contributed by atoms with E-state index in [9.17, 15) is 29.8 Å². The summed E-state index contributed by atoms with van der Waals surface area (Å²) in [7, 11) is 1.38. The minimum Gasteiger partial charge on any atom is -0.496 e. The SMILES string of the molecule is COc1ccc(Br)cc1C(=O)N/C(=C\c1cccc([N+](=O)[O-])c1)C(=O)Nc1cccc([N+](=O)[O-])c1. The van der Waals surface area contributed by atoms with Gasteiger partial charge in [0.2, 0.25) is 0 Å². The summed E-state index contributed by atoms with van der Waals surface area (Å²) < 4.78 is 5.81. The second-order valence-electron chi connectivity index (χ2n) is 6.97. The molecule has 0 radical (unpaired) electrons. The first-order valence-corrected chi connectivity index (χ1v) is 10.6. The highest BCUT2D eigenvalue weighted by Crippen LogP contribution is 2.24. The van der Waals surface area contributed by atoms with Crippen LogP contribution in [0.3, 0.4) is 0 Å². The third-order valence-corrected chi connectivity index (χ3v) is 5.10. The van der Waals surface area contributed by atoms with Crippen molar-refractivity contribution in [2.24, 2.45) is 0 Å². The van der Waals surface area contributed by atoms with Gasteiger partial charge in [-0.05, 0) is 35.9 Å². The van der Waals surface area contributed by atoms with Crippen molar-refractivity contribution in [1.29, 1.82) is 0 Å². The van der Waals surface area contributed by atoms with Gasteiger partial charge in [0, 0.05) is 34.4 Å². The Morgan fingerprint density at radius 3 is 2.26 bits per heavy atom. The standard InChI is InChI=1S/C23H17BrN4O7/c1-35-21-9-8-15(24)12-19(21)22(29)26-20(11-14-4-2-6-17(10-14)27(31)32)23(30)25-16-5-3-7-18(13-16)28(33)34/h2-13H,1H3,(H,25,30)(H,26,29)/b20-11-. The van der Waals surface area contributed by atoms with Crippen molar-refractivity contribution in [1.82, 2.24) is 5.32 Å². The maximum atomic E-state index is 13.1. The van der Waals surface area contributed by atoms with Gasteiger partial charge in [0.1, 0.15) is 11.4 Å². The quantitative estimate of drug-likeness (QED) is 0.238. The maximum Gasteiger partial charge on any atom is 0.272 e. The molecule has 2 N–H and O–H groups in total. The zero-order valence-corrected chi connectivity index (χ0v) is 19.6. The average Bonchev–Trinajstić information content (AvgIpc) is 2.83. The Morgan fingerprint density at radius 2 is 1.60 bits per heavy atom. The zero-order chi connectivity index (χ0) is 25.5. The van der Waals surface area contributed by atoms with E-state index in [4.69, 9.17) is 4.74 Å². The molecular weight excluding hydrogens is 524 g/mol. The number of anilines is 1. The number of ether oxygens (including phenoxy) is 1. The Kier molecular flexibility index (Phi) is 7.89. The van der Waals surface area contributed by atoms with Crippen LogP contribution in [0.25, 0.3) is 6.08 Å². The largest absolute Gasteiger partial charge is 0.496 e. The minimum atomic E-state index is -0.806. The summed E-state index contributed by atoms with van der Waals surface area (Å²) >= 11 is 3.28. The molecule has 0 aliphatic carbocycles. The predicted octanol–water partition coefficient (Wildman–Crippen LogP) is 4.68. The van der Waals surface area contributed by atoms with E-state index in [1.807, 2.05) is 0 Å². The summed E-state index contributed by atoms with van der Waals surface area (Å²) in [5.41, 5.74) is -0.209. The molecule has 0 unspecified atom stereocenters. The van der Waals surface area contributed by atoms with Gasteiger partial charge in [-0.15, -0.1) is 0 Å². The highest BCUT2D eigenvalue weighted by Gasteiger charge is 2.19. The number of nitrogens with zero attached hydrogens (tertiary/aromatic N) is 2. The van der Waals surface area contributed by atoms with Crippen molar-refractivity contribution >= 4 is 50.9 Å². The maximum absolute atomic E-state index is 13.1. The van der Waals surface area contributed by atoms with Crippen molar-refractivity contribution in [3.8, 4) is 5.75 Å². The molecule has 2 amide bonds. The number of carbonyl (C=O) groups excluding carboxylic acids is 2. The molecule has 0 spiro atoms. The molecule has 0 heterocycles. The first kappa shape index (κ1) is 25.1. The van der Waals surface area contributed by atoms with Crippen molar-refractivity contribution < 1.29 is 24.2 Å². The number of non-ortho nitro benzene ring substituents is 2. The number of rotatable bonds is 8. The van der Waals surface area contributed by atoms with Crippen LogP contribution in [0.15, 0.2) is 76.9 Å². The molecule has 0 aliphatic heterocycles. The molecule has 0 saturated heterocycles. The highest BCUT2D eigenvalue weighted by molar-refractivity contribution is 9.10. The zero-order valence-electron chi connectivity index (χ0n) is 18.1. The number of hydrogen-bond donors (Lipinski definition) is 2. The van der Waals surface area contributed by atoms with Gasteiger partial charge in [0.15, 0.2) is 0 Å². The number of amides is 2. The molecule has 0 saturated carbocycles. The van der Waals surface area contributed by atoms with E-state index < -0.39 is 21.7 Å². The minimum absolute atomic E-state index is 0.114. The molecule has 178 valence electrons. The van der Waals surface area contributed by atoms with Gasteiger partial charge in [0.05, 0.1) is 22.5 Å². The summed E-state index contributed by atoms with van der Waals surface area (Å²) in [6.45, 7) is 0. The lowest BCUT2D eigenvalue weighted by Gasteiger charge is -2.13. The number of carbonyl (C=O) groups is 2. The predicted molar refractivity (Wildman–Crippen MR) is 131 cm³/mol. The Hall–Kier alpha value is -4.58. The number of nitro benzene ring substituents is 2. The lowest BCUT2D eigenvalue weighted by Crippen LogP contribution is -2.31. The molecule has 0 fully saturated rings.